The molecule has 178 valence electrons. The summed E-state index contributed by atoms with van der Waals surface area (Å²) in [7, 11) is 1.20. The van der Waals surface area contributed by atoms with Crippen molar-refractivity contribution in [3.63, 3.8) is 0 Å². The molecule has 3 rings (SSSR count). The molecule has 0 aliphatic rings. The first kappa shape index (κ1) is 24.6. The van der Waals surface area contributed by atoms with Crippen LogP contribution >= 0.6 is 15.9 Å². The molecule has 0 unspecified atom stereocenters. The first-order valence-corrected chi connectivity index (χ1v) is 10.5. The third kappa shape index (κ3) is 5.46. The number of hydrogen-bond acceptors (Lipinski definition) is 8. The van der Waals surface area contributed by atoms with E-state index in [1.54, 1.807) is 13.0 Å². The number of carbonyl (C=O) groups excluding carboxylic acids is 1. The lowest BCUT2D eigenvalue weighted by Gasteiger charge is -2.23. The molecule has 34 heavy (non-hydrogen) atoms. The summed E-state index contributed by atoms with van der Waals surface area (Å²) in [5.74, 6) is -1.46. The van der Waals surface area contributed by atoms with Crippen LogP contribution < -0.4 is 10.2 Å². The highest BCUT2D eigenvalue weighted by molar-refractivity contribution is 9.10. The molecule has 0 spiro atoms. The standard InChI is InChI=1S/C20H18BrFN6O6/c1-3-27(18(29)9-26(2)20(30)31)34-17-8-15-12(7-16(17)28(32)33)19(24-10-23-15)25-14-5-4-11(21)6-13(14)22/h4-8,10H,3,9H2,1-2H3,(H,30,31)(H,23,24,25). The number of hydrogen-bond donors (Lipinski definition) is 2. The van der Waals surface area contributed by atoms with Crippen LogP contribution in [0.2, 0.25) is 0 Å². The van der Waals surface area contributed by atoms with Gasteiger partial charge in [0.05, 0.1) is 28.1 Å². The molecule has 2 N–H and O–H groups in total. The highest BCUT2D eigenvalue weighted by atomic mass is 79.9. The summed E-state index contributed by atoms with van der Waals surface area (Å²) < 4.78 is 14.8. The van der Waals surface area contributed by atoms with Gasteiger partial charge in [0.1, 0.15) is 24.5 Å². The van der Waals surface area contributed by atoms with Crippen LogP contribution in [0.5, 0.6) is 5.75 Å². The van der Waals surface area contributed by atoms with E-state index < -0.39 is 35.0 Å². The molecule has 0 aliphatic heterocycles. The van der Waals surface area contributed by atoms with Crippen LogP contribution in [0.25, 0.3) is 10.9 Å². The minimum Gasteiger partial charge on any atom is -0.465 e. The maximum atomic E-state index is 14.3. The van der Waals surface area contributed by atoms with Crippen LogP contribution in [0.1, 0.15) is 6.92 Å². The number of likely N-dealkylation sites (N-methyl/N-ethyl adjacent to an activating group) is 2. The Balaban J connectivity index is 1.99. The molecule has 0 radical (unpaired) electrons. The summed E-state index contributed by atoms with van der Waals surface area (Å²) in [5.41, 5.74) is -0.183. The molecular formula is C20H18BrFN6O6. The number of anilines is 2. The van der Waals surface area contributed by atoms with E-state index in [0.717, 1.165) is 16.0 Å². The number of amides is 2. The lowest BCUT2D eigenvalue weighted by Crippen LogP contribution is -2.42. The quantitative estimate of drug-likeness (QED) is 0.322. The number of nitro groups is 1. The Morgan fingerprint density at radius 1 is 1.29 bits per heavy atom. The van der Waals surface area contributed by atoms with Crippen molar-refractivity contribution in [1.82, 2.24) is 19.9 Å². The third-order valence-corrected chi connectivity index (χ3v) is 5.06. The molecule has 0 aliphatic carbocycles. The average molecular weight is 537 g/mol. The van der Waals surface area contributed by atoms with Crippen LogP contribution in [0.4, 0.5) is 26.4 Å². The molecule has 0 bridgehead atoms. The molecule has 0 saturated heterocycles. The number of carboxylic acid groups (broad SMARTS) is 1. The maximum absolute atomic E-state index is 14.3. The Hall–Kier alpha value is -4.07. The van der Waals surface area contributed by atoms with E-state index in [2.05, 4.69) is 31.2 Å². The van der Waals surface area contributed by atoms with Crippen LogP contribution in [0.3, 0.4) is 0 Å². The maximum Gasteiger partial charge on any atom is 0.407 e. The van der Waals surface area contributed by atoms with E-state index in [1.807, 2.05) is 0 Å². The van der Waals surface area contributed by atoms with Gasteiger partial charge in [-0.25, -0.2) is 19.2 Å². The minimum absolute atomic E-state index is 0.0130. The molecule has 2 aromatic carbocycles. The van der Waals surface area contributed by atoms with Crippen molar-refractivity contribution in [1.29, 1.82) is 0 Å². The largest absolute Gasteiger partial charge is 0.465 e. The number of aromatic nitrogens is 2. The second-order valence-corrected chi connectivity index (χ2v) is 7.80. The van der Waals surface area contributed by atoms with Crippen molar-refractivity contribution >= 4 is 56.0 Å². The molecule has 1 aromatic heterocycles. The number of rotatable bonds is 8. The van der Waals surface area contributed by atoms with E-state index in [1.165, 1.54) is 31.6 Å². The Morgan fingerprint density at radius 2 is 2.03 bits per heavy atom. The molecule has 12 nitrogen and oxygen atoms in total. The summed E-state index contributed by atoms with van der Waals surface area (Å²) in [4.78, 5) is 48.8. The molecule has 14 heteroatoms. The Labute approximate surface area is 200 Å². The lowest BCUT2D eigenvalue weighted by molar-refractivity contribution is -0.386. The second kappa shape index (κ2) is 10.2. The summed E-state index contributed by atoms with van der Waals surface area (Å²) in [6, 6.07) is 6.72. The number of benzene rings is 2. The topological polar surface area (TPSA) is 151 Å². The predicted octanol–water partition coefficient (Wildman–Crippen LogP) is 3.94. The van der Waals surface area contributed by atoms with Crippen LogP contribution in [-0.4, -0.2) is 62.1 Å². The van der Waals surface area contributed by atoms with E-state index >= 15 is 0 Å². The molecule has 1 heterocycles. The zero-order valence-electron chi connectivity index (χ0n) is 17.9. The van der Waals surface area contributed by atoms with Gasteiger partial charge in [-0.1, -0.05) is 15.9 Å². The van der Waals surface area contributed by atoms with E-state index in [4.69, 9.17) is 9.94 Å². The first-order chi connectivity index (χ1) is 16.1. The van der Waals surface area contributed by atoms with Crippen molar-refractivity contribution in [3.05, 3.63) is 57.1 Å². The van der Waals surface area contributed by atoms with E-state index in [0.29, 0.717) is 4.47 Å². The zero-order valence-corrected chi connectivity index (χ0v) is 19.4. The number of fused-ring (bicyclic) bond motifs is 1. The van der Waals surface area contributed by atoms with Gasteiger partial charge in [0.15, 0.2) is 0 Å². The van der Waals surface area contributed by atoms with Crippen molar-refractivity contribution in [2.75, 3.05) is 25.5 Å². The fraction of sp³-hybridized carbons (Fsp3) is 0.200. The first-order valence-electron chi connectivity index (χ1n) is 9.68. The van der Waals surface area contributed by atoms with Crippen molar-refractivity contribution < 1.29 is 28.8 Å². The molecule has 0 atom stereocenters. The molecule has 2 amide bonds. The summed E-state index contributed by atoms with van der Waals surface area (Å²) in [6.07, 6.45) is -0.137. The predicted molar refractivity (Wildman–Crippen MR) is 122 cm³/mol. The van der Waals surface area contributed by atoms with Crippen molar-refractivity contribution in [2.45, 2.75) is 6.92 Å². The molecule has 0 saturated carbocycles. The third-order valence-electron chi connectivity index (χ3n) is 4.57. The van der Waals surface area contributed by atoms with Crippen LogP contribution in [0, 0.1) is 15.9 Å². The average Bonchev–Trinajstić information content (AvgIpc) is 2.78. The molecular weight excluding hydrogens is 519 g/mol. The summed E-state index contributed by atoms with van der Waals surface area (Å²) in [5, 5.41) is 24.5. The van der Waals surface area contributed by atoms with Gasteiger partial charge in [0.25, 0.3) is 5.91 Å². The monoisotopic (exact) mass is 536 g/mol. The number of halogens is 2. The van der Waals surface area contributed by atoms with Crippen LogP contribution in [0.15, 0.2) is 41.1 Å². The number of nitro benzene ring substituents is 1. The Morgan fingerprint density at radius 3 is 2.65 bits per heavy atom. The summed E-state index contributed by atoms with van der Waals surface area (Å²) >= 11 is 3.17. The van der Waals surface area contributed by atoms with Gasteiger partial charge >= 0.3 is 11.8 Å². The minimum atomic E-state index is -1.32. The van der Waals surface area contributed by atoms with Crippen molar-refractivity contribution in [2.24, 2.45) is 0 Å². The van der Waals surface area contributed by atoms with Gasteiger partial charge in [0, 0.05) is 23.7 Å². The fourth-order valence-electron chi connectivity index (χ4n) is 2.87. The van der Waals surface area contributed by atoms with Gasteiger partial charge in [-0.3, -0.25) is 14.9 Å². The fourth-order valence-corrected chi connectivity index (χ4v) is 3.20. The van der Waals surface area contributed by atoms with Gasteiger partial charge in [-0.15, -0.1) is 0 Å². The highest BCUT2D eigenvalue weighted by Crippen LogP contribution is 2.35. The van der Waals surface area contributed by atoms with Gasteiger partial charge in [-0.05, 0) is 25.1 Å². The van der Waals surface area contributed by atoms with Crippen LogP contribution in [-0.2, 0) is 4.79 Å². The van der Waals surface area contributed by atoms with Crippen molar-refractivity contribution in [3.8, 4) is 5.75 Å². The number of nitrogens with zero attached hydrogens (tertiary/aromatic N) is 5. The summed E-state index contributed by atoms with van der Waals surface area (Å²) in [6.45, 7) is 1.03. The Kier molecular flexibility index (Phi) is 7.40. The Bertz CT molecular complexity index is 1280. The number of hydroxylamine groups is 2. The normalized spacial score (nSPS) is 10.6. The van der Waals surface area contributed by atoms with Gasteiger partial charge in [0.2, 0.25) is 5.75 Å². The highest BCUT2D eigenvalue weighted by Gasteiger charge is 2.25. The second-order valence-electron chi connectivity index (χ2n) is 6.88. The SMILES string of the molecule is CCN(Oc1cc2ncnc(Nc3ccc(Br)cc3F)c2cc1[N+](=O)[O-])C(=O)CN(C)C(=O)O. The lowest BCUT2D eigenvalue weighted by atomic mass is 10.2. The van der Waals surface area contributed by atoms with Gasteiger partial charge < -0.3 is 20.2 Å². The van der Waals surface area contributed by atoms with E-state index in [9.17, 15) is 24.1 Å². The zero-order chi connectivity index (χ0) is 25.0. The molecule has 0 fully saturated rings. The number of nitrogens with one attached hydrogen (secondary N) is 1. The van der Waals surface area contributed by atoms with Gasteiger partial charge in [-0.2, -0.15) is 5.06 Å². The molecule has 3 aromatic rings. The number of carbonyl (C=O) groups is 2. The van der Waals surface area contributed by atoms with E-state index in [-0.39, 0.29) is 34.7 Å². The smallest absolute Gasteiger partial charge is 0.407 e.